The van der Waals surface area contributed by atoms with E-state index in [1.165, 1.54) is 13.2 Å². The number of alkyl halides is 3. The van der Waals surface area contributed by atoms with Crippen molar-refractivity contribution in [3.05, 3.63) is 11.9 Å². The van der Waals surface area contributed by atoms with Gasteiger partial charge in [0, 0.05) is 19.7 Å². The summed E-state index contributed by atoms with van der Waals surface area (Å²) >= 11 is 0. The summed E-state index contributed by atoms with van der Waals surface area (Å²) in [5.74, 6) is -0.910. The van der Waals surface area contributed by atoms with Crippen LogP contribution in [0.25, 0.3) is 0 Å². The van der Waals surface area contributed by atoms with Crippen LogP contribution in [0.2, 0.25) is 0 Å². The second kappa shape index (κ2) is 6.93. The quantitative estimate of drug-likeness (QED) is 0.810. The number of anilines is 2. The number of nitrogens with zero attached hydrogens (tertiary/aromatic N) is 2. The van der Waals surface area contributed by atoms with Gasteiger partial charge >= 0.3 is 6.18 Å². The van der Waals surface area contributed by atoms with Crippen molar-refractivity contribution in [1.82, 2.24) is 9.97 Å². The lowest BCUT2D eigenvalue weighted by molar-refractivity contribution is -0.144. The highest BCUT2D eigenvalue weighted by molar-refractivity contribution is 5.49. The molecule has 0 saturated heterocycles. The Kier molecular flexibility index (Phi) is 5.77. The van der Waals surface area contributed by atoms with Crippen LogP contribution in [0.3, 0.4) is 0 Å². The average molecular weight is 306 g/mol. The van der Waals surface area contributed by atoms with Gasteiger partial charge in [0.05, 0.1) is 12.1 Å². The highest BCUT2D eigenvalue weighted by atomic mass is 19.4. The van der Waals surface area contributed by atoms with Gasteiger partial charge in [0.25, 0.3) is 0 Å². The van der Waals surface area contributed by atoms with Crippen LogP contribution in [0.15, 0.2) is 6.07 Å². The topological polar surface area (TPSA) is 59.1 Å². The Bertz CT molecular complexity index is 463. The molecule has 0 unspecified atom stereocenters. The zero-order chi connectivity index (χ0) is 16.1. The normalized spacial score (nSPS) is 12.3. The van der Waals surface area contributed by atoms with E-state index in [0.29, 0.717) is 13.2 Å². The molecule has 1 aromatic rings. The summed E-state index contributed by atoms with van der Waals surface area (Å²) < 4.78 is 43.6. The molecule has 21 heavy (non-hydrogen) atoms. The number of nitrogens with one attached hydrogen (secondary N) is 2. The minimum Gasteiger partial charge on any atom is -0.382 e. The second-order valence-corrected chi connectivity index (χ2v) is 5.33. The molecule has 0 saturated carbocycles. The molecule has 1 aromatic heterocycles. The molecule has 1 heterocycles. The second-order valence-electron chi connectivity index (χ2n) is 5.33. The van der Waals surface area contributed by atoms with E-state index in [-0.39, 0.29) is 11.6 Å². The van der Waals surface area contributed by atoms with Gasteiger partial charge in [-0.2, -0.15) is 13.2 Å². The fourth-order valence-electron chi connectivity index (χ4n) is 1.73. The first-order valence-corrected chi connectivity index (χ1v) is 6.65. The standard InChI is InChI=1S/C13H21F3N4O/c1-5-6-17-9-7-10(20-12(2,3)8-21-4)19-11(18-9)13(14,15)16/h7H,5-6,8H2,1-4H3,(H2,17,18,19,20). The van der Waals surface area contributed by atoms with E-state index >= 15 is 0 Å². The molecule has 0 aromatic carbocycles. The van der Waals surface area contributed by atoms with Crippen molar-refractivity contribution in [1.29, 1.82) is 0 Å². The predicted molar refractivity (Wildman–Crippen MR) is 75.4 cm³/mol. The molecule has 120 valence electrons. The predicted octanol–water partition coefficient (Wildman–Crippen LogP) is 3.15. The smallest absolute Gasteiger partial charge is 0.382 e. The van der Waals surface area contributed by atoms with Crippen molar-refractivity contribution >= 4 is 11.6 Å². The molecule has 0 bridgehead atoms. The third kappa shape index (κ3) is 5.74. The van der Waals surface area contributed by atoms with Crippen LogP contribution in [0.1, 0.15) is 33.0 Å². The highest BCUT2D eigenvalue weighted by Crippen LogP contribution is 2.29. The molecular formula is C13H21F3N4O. The summed E-state index contributed by atoms with van der Waals surface area (Å²) in [6.07, 6.45) is -3.81. The number of rotatable bonds is 7. The van der Waals surface area contributed by atoms with Gasteiger partial charge in [-0.05, 0) is 20.3 Å². The summed E-state index contributed by atoms with van der Waals surface area (Å²) in [7, 11) is 1.53. The molecule has 2 N–H and O–H groups in total. The van der Waals surface area contributed by atoms with Crippen molar-refractivity contribution in [2.75, 3.05) is 30.9 Å². The Hall–Kier alpha value is -1.57. The lowest BCUT2D eigenvalue weighted by atomic mass is 10.1. The molecule has 8 heteroatoms. The number of methoxy groups -OCH3 is 1. The summed E-state index contributed by atoms with van der Waals surface area (Å²) in [5.41, 5.74) is -0.548. The Balaban J connectivity index is 3.07. The number of hydrogen-bond acceptors (Lipinski definition) is 5. The molecule has 0 aliphatic carbocycles. The summed E-state index contributed by atoms with van der Waals surface area (Å²) in [4.78, 5) is 7.04. The first kappa shape index (κ1) is 17.5. The molecule has 0 amide bonds. The largest absolute Gasteiger partial charge is 0.451 e. The Morgan fingerprint density at radius 2 is 1.81 bits per heavy atom. The van der Waals surface area contributed by atoms with Gasteiger partial charge in [0.1, 0.15) is 11.6 Å². The molecule has 0 radical (unpaired) electrons. The van der Waals surface area contributed by atoms with Gasteiger partial charge in [-0.15, -0.1) is 0 Å². The van der Waals surface area contributed by atoms with Crippen LogP contribution < -0.4 is 10.6 Å². The van der Waals surface area contributed by atoms with Gasteiger partial charge < -0.3 is 15.4 Å². The fraction of sp³-hybridized carbons (Fsp3) is 0.692. The average Bonchev–Trinajstić information content (AvgIpc) is 2.34. The van der Waals surface area contributed by atoms with Gasteiger partial charge in [-0.25, -0.2) is 9.97 Å². The van der Waals surface area contributed by atoms with Crippen LogP contribution >= 0.6 is 0 Å². The van der Waals surface area contributed by atoms with E-state index in [1.807, 2.05) is 20.8 Å². The van der Waals surface area contributed by atoms with Crippen molar-refractivity contribution in [3.8, 4) is 0 Å². The van der Waals surface area contributed by atoms with E-state index in [2.05, 4.69) is 20.6 Å². The highest BCUT2D eigenvalue weighted by Gasteiger charge is 2.35. The van der Waals surface area contributed by atoms with Crippen LogP contribution in [0, 0.1) is 0 Å². The number of ether oxygens (including phenoxy) is 1. The monoisotopic (exact) mass is 306 g/mol. The number of halogens is 3. The lowest BCUT2D eigenvalue weighted by Gasteiger charge is -2.26. The lowest BCUT2D eigenvalue weighted by Crippen LogP contribution is -2.36. The molecule has 0 fully saturated rings. The molecule has 1 rings (SSSR count). The minimum atomic E-state index is -4.59. The number of hydrogen-bond donors (Lipinski definition) is 2. The van der Waals surface area contributed by atoms with E-state index in [9.17, 15) is 13.2 Å². The maximum absolute atomic E-state index is 12.8. The Morgan fingerprint density at radius 3 is 2.33 bits per heavy atom. The third-order valence-electron chi connectivity index (χ3n) is 2.51. The summed E-state index contributed by atoms with van der Waals surface area (Å²) in [6.45, 7) is 6.40. The number of aromatic nitrogens is 2. The van der Waals surface area contributed by atoms with Gasteiger partial charge in [-0.3, -0.25) is 0 Å². The van der Waals surface area contributed by atoms with Crippen LogP contribution in [-0.4, -0.2) is 35.8 Å². The molecule has 0 spiro atoms. The van der Waals surface area contributed by atoms with Crippen molar-refractivity contribution < 1.29 is 17.9 Å². The van der Waals surface area contributed by atoms with Gasteiger partial charge in [0.15, 0.2) is 0 Å². The van der Waals surface area contributed by atoms with E-state index < -0.39 is 17.5 Å². The minimum absolute atomic E-state index is 0.109. The summed E-state index contributed by atoms with van der Waals surface area (Å²) in [6, 6.07) is 1.46. The maximum atomic E-state index is 12.8. The van der Waals surface area contributed by atoms with Crippen LogP contribution in [0.5, 0.6) is 0 Å². The van der Waals surface area contributed by atoms with Crippen molar-refractivity contribution in [3.63, 3.8) is 0 Å². The molecule has 0 aliphatic rings. The molecule has 0 atom stereocenters. The van der Waals surface area contributed by atoms with E-state index in [4.69, 9.17) is 4.74 Å². The van der Waals surface area contributed by atoms with Crippen molar-refractivity contribution in [2.45, 2.75) is 38.9 Å². The Labute approximate surface area is 122 Å². The SMILES string of the molecule is CCCNc1cc(NC(C)(C)COC)nc(C(F)(F)F)n1. The van der Waals surface area contributed by atoms with Crippen LogP contribution in [-0.2, 0) is 10.9 Å². The molecule has 0 aliphatic heterocycles. The molecule has 5 nitrogen and oxygen atoms in total. The zero-order valence-electron chi connectivity index (χ0n) is 12.6. The van der Waals surface area contributed by atoms with Gasteiger partial charge in [-0.1, -0.05) is 6.92 Å². The first-order chi connectivity index (χ1) is 9.68. The summed E-state index contributed by atoms with van der Waals surface area (Å²) in [5, 5.41) is 5.78. The van der Waals surface area contributed by atoms with Gasteiger partial charge in [0.2, 0.25) is 5.82 Å². The third-order valence-corrected chi connectivity index (χ3v) is 2.51. The van der Waals surface area contributed by atoms with Crippen molar-refractivity contribution in [2.24, 2.45) is 0 Å². The van der Waals surface area contributed by atoms with E-state index in [1.54, 1.807) is 0 Å². The molecular weight excluding hydrogens is 285 g/mol. The Morgan fingerprint density at radius 1 is 1.19 bits per heavy atom. The van der Waals surface area contributed by atoms with E-state index in [0.717, 1.165) is 6.42 Å². The maximum Gasteiger partial charge on any atom is 0.451 e. The fourth-order valence-corrected chi connectivity index (χ4v) is 1.73. The first-order valence-electron chi connectivity index (χ1n) is 6.65. The van der Waals surface area contributed by atoms with Crippen LogP contribution in [0.4, 0.5) is 24.8 Å². The zero-order valence-corrected chi connectivity index (χ0v) is 12.6.